The van der Waals surface area contributed by atoms with Gasteiger partial charge < -0.3 is 9.63 Å². The summed E-state index contributed by atoms with van der Waals surface area (Å²) < 4.78 is 4.86. The smallest absolute Gasteiger partial charge is 0.358 e. The summed E-state index contributed by atoms with van der Waals surface area (Å²) >= 11 is 0. The van der Waals surface area contributed by atoms with Crippen LogP contribution >= 0.6 is 0 Å². The molecule has 0 aliphatic carbocycles. The van der Waals surface area contributed by atoms with Gasteiger partial charge in [-0.3, -0.25) is 0 Å². The predicted octanol–water partition coefficient (Wildman–Crippen LogP) is 0.466. The van der Waals surface area contributed by atoms with Crippen LogP contribution < -0.4 is 0 Å². The van der Waals surface area contributed by atoms with E-state index in [-0.39, 0.29) is 17.1 Å². The van der Waals surface area contributed by atoms with Gasteiger partial charge in [0, 0.05) is 6.07 Å². The Bertz CT molecular complexity index is 473. The molecule has 0 radical (unpaired) electrons. The van der Waals surface area contributed by atoms with Crippen molar-refractivity contribution in [2.75, 3.05) is 0 Å². The number of aryl methyl sites for hydroxylation is 1. The van der Waals surface area contributed by atoms with Crippen LogP contribution in [-0.2, 0) is 0 Å². The first-order chi connectivity index (χ1) is 6.68. The van der Waals surface area contributed by atoms with Crippen LogP contribution in [0.3, 0.4) is 0 Å². The zero-order chi connectivity index (χ0) is 10.1. The highest BCUT2D eigenvalue weighted by molar-refractivity contribution is 5.91. The first-order valence-electron chi connectivity index (χ1n) is 3.76. The van der Waals surface area contributed by atoms with E-state index in [9.17, 15) is 4.79 Å². The Balaban J connectivity index is 2.51. The number of aromatic carboxylic acids is 1. The van der Waals surface area contributed by atoms with Crippen molar-refractivity contribution < 1.29 is 14.4 Å². The Morgan fingerprint density at radius 1 is 1.57 bits per heavy atom. The van der Waals surface area contributed by atoms with Gasteiger partial charge >= 0.3 is 5.97 Å². The molecule has 2 rings (SSSR count). The monoisotopic (exact) mass is 194 g/mol. The summed E-state index contributed by atoms with van der Waals surface area (Å²) in [6.45, 7) is 1.73. The fourth-order valence-corrected chi connectivity index (χ4v) is 1.03. The largest absolute Gasteiger partial charge is 0.476 e. The van der Waals surface area contributed by atoms with Gasteiger partial charge in [-0.25, -0.2) is 4.79 Å². The number of hydrogen-bond donors (Lipinski definition) is 2. The normalized spacial score (nSPS) is 10.4. The van der Waals surface area contributed by atoms with E-state index in [2.05, 4.69) is 20.6 Å². The number of rotatable bonds is 2. The highest BCUT2D eigenvalue weighted by atomic mass is 16.5. The molecular weight excluding hydrogens is 188 g/mol. The van der Waals surface area contributed by atoms with Gasteiger partial charge in [0.15, 0.2) is 11.5 Å². The molecule has 0 saturated heterocycles. The lowest BCUT2D eigenvalue weighted by molar-refractivity contribution is 0.0691. The zero-order valence-electron chi connectivity index (χ0n) is 7.18. The maximum atomic E-state index is 10.7. The number of carbonyl (C=O) groups is 1. The van der Waals surface area contributed by atoms with E-state index in [1.54, 1.807) is 13.0 Å². The first kappa shape index (κ1) is 8.42. The third-order valence-corrected chi connectivity index (χ3v) is 1.61. The van der Waals surface area contributed by atoms with E-state index in [4.69, 9.17) is 9.63 Å². The van der Waals surface area contributed by atoms with E-state index in [1.807, 2.05) is 0 Å². The molecule has 0 spiro atoms. The summed E-state index contributed by atoms with van der Waals surface area (Å²) in [4.78, 5) is 10.7. The molecule has 14 heavy (non-hydrogen) atoms. The third kappa shape index (κ3) is 1.24. The predicted molar refractivity (Wildman–Crippen MR) is 43.6 cm³/mol. The minimum absolute atomic E-state index is 0.151. The lowest BCUT2D eigenvalue weighted by Gasteiger charge is -1.88. The molecule has 2 N–H and O–H groups in total. The van der Waals surface area contributed by atoms with Gasteiger partial charge in [-0.2, -0.15) is 10.3 Å². The van der Waals surface area contributed by atoms with E-state index < -0.39 is 5.97 Å². The van der Waals surface area contributed by atoms with Crippen LogP contribution in [0.5, 0.6) is 0 Å². The quantitative estimate of drug-likeness (QED) is 0.719. The number of aromatic nitrogens is 4. The lowest BCUT2D eigenvalue weighted by Crippen LogP contribution is -1.98. The van der Waals surface area contributed by atoms with E-state index >= 15 is 0 Å². The van der Waals surface area contributed by atoms with Crippen molar-refractivity contribution in [2.24, 2.45) is 0 Å². The van der Waals surface area contributed by atoms with Gasteiger partial charge in [0.05, 0.1) is 5.69 Å². The average Bonchev–Trinajstić information content (AvgIpc) is 2.70. The summed E-state index contributed by atoms with van der Waals surface area (Å²) in [5, 5.41) is 21.7. The van der Waals surface area contributed by atoms with Crippen LogP contribution in [0, 0.1) is 6.92 Å². The van der Waals surface area contributed by atoms with Crippen molar-refractivity contribution in [3.05, 3.63) is 17.5 Å². The zero-order valence-corrected chi connectivity index (χ0v) is 7.18. The molecule has 0 bridgehead atoms. The number of nitrogens with zero attached hydrogens (tertiary/aromatic N) is 3. The highest BCUT2D eigenvalue weighted by Crippen LogP contribution is 2.19. The van der Waals surface area contributed by atoms with Crippen LogP contribution in [0.2, 0.25) is 0 Å². The van der Waals surface area contributed by atoms with Gasteiger partial charge in [-0.1, -0.05) is 5.16 Å². The number of nitrogens with one attached hydrogen (secondary N) is 1. The molecule has 0 aromatic carbocycles. The fourth-order valence-electron chi connectivity index (χ4n) is 1.03. The van der Waals surface area contributed by atoms with Crippen molar-refractivity contribution in [2.45, 2.75) is 6.92 Å². The number of H-pyrrole nitrogens is 1. The number of aromatic amines is 1. The Kier molecular flexibility index (Phi) is 1.77. The Morgan fingerprint density at radius 3 is 2.93 bits per heavy atom. The van der Waals surface area contributed by atoms with E-state index in [1.165, 1.54) is 0 Å². The maximum Gasteiger partial charge on any atom is 0.358 e. The highest BCUT2D eigenvalue weighted by Gasteiger charge is 2.19. The standard InChI is InChI=1S/C7H6N4O3/c1-3-2-4(14-10-3)5-6(7(12)13)9-11-8-5/h2H,1H3,(H,12,13)(H,8,9,11). The van der Waals surface area contributed by atoms with Crippen LogP contribution in [0.15, 0.2) is 10.6 Å². The Hall–Kier alpha value is -2.18. The number of carboxylic acids is 1. The topological polar surface area (TPSA) is 105 Å². The molecule has 0 unspecified atom stereocenters. The second kappa shape index (κ2) is 2.95. The van der Waals surface area contributed by atoms with Gasteiger partial charge in [-0.15, -0.1) is 5.10 Å². The molecule has 0 saturated carbocycles. The first-order valence-corrected chi connectivity index (χ1v) is 3.76. The van der Waals surface area contributed by atoms with E-state index in [0.717, 1.165) is 0 Å². The third-order valence-electron chi connectivity index (χ3n) is 1.61. The molecule has 0 atom stereocenters. The molecule has 0 amide bonds. The average molecular weight is 194 g/mol. The second-order valence-corrected chi connectivity index (χ2v) is 2.66. The van der Waals surface area contributed by atoms with Gasteiger partial charge in [-0.05, 0) is 6.92 Å². The Labute approximate surface area is 77.7 Å². The summed E-state index contributed by atoms with van der Waals surface area (Å²) in [7, 11) is 0. The number of hydrogen-bond acceptors (Lipinski definition) is 5. The Morgan fingerprint density at radius 2 is 2.36 bits per heavy atom. The molecule has 0 aliphatic heterocycles. The molecule has 7 nitrogen and oxygen atoms in total. The van der Waals surface area contributed by atoms with Gasteiger partial charge in [0.1, 0.15) is 0 Å². The molecule has 72 valence electrons. The minimum atomic E-state index is -1.16. The second-order valence-electron chi connectivity index (χ2n) is 2.66. The summed E-state index contributed by atoms with van der Waals surface area (Å²) in [6, 6.07) is 1.59. The SMILES string of the molecule is Cc1cc(-c2n[nH]nc2C(=O)O)on1. The maximum absolute atomic E-state index is 10.7. The van der Waals surface area contributed by atoms with E-state index in [0.29, 0.717) is 5.69 Å². The van der Waals surface area contributed by atoms with Crippen LogP contribution in [0.1, 0.15) is 16.2 Å². The van der Waals surface area contributed by atoms with Crippen molar-refractivity contribution in [1.29, 1.82) is 0 Å². The molecule has 0 fully saturated rings. The fraction of sp³-hybridized carbons (Fsp3) is 0.143. The molecule has 7 heteroatoms. The van der Waals surface area contributed by atoms with Crippen molar-refractivity contribution in [3.8, 4) is 11.5 Å². The summed E-state index contributed by atoms with van der Waals surface area (Å²) in [5.74, 6) is -0.878. The van der Waals surface area contributed by atoms with Crippen LogP contribution in [0.4, 0.5) is 0 Å². The minimum Gasteiger partial charge on any atom is -0.476 e. The lowest BCUT2D eigenvalue weighted by atomic mass is 10.2. The number of carboxylic acid groups (broad SMARTS) is 1. The summed E-state index contributed by atoms with van der Waals surface area (Å²) in [6.07, 6.45) is 0. The summed E-state index contributed by atoms with van der Waals surface area (Å²) in [5.41, 5.74) is 0.624. The van der Waals surface area contributed by atoms with Crippen molar-refractivity contribution >= 4 is 5.97 Å². The van der Waals surface area contributed by atoms with Crippen LogP contribution in [-0.4, -0.2) is 31.6 Å². The molecular formula is C7H6N4O3. The van der Waals surface area contributed by atoms with Gasteiger partial charge in [0.25, 0.3) is 0 Å². The van der Waals surface area contributed by atoms with Gasteiger partial charge in [0.2, 0.25) is 5.69 Å². The van der Waals surface area contributed by atoms with Crippen molar-refractivity contribution in [1.82, 2.24) is 20.6 Å². The van der Waals surface area contributed by atoms with Crippen molar-refractivity contribution in [3.63, 3.8) is 0 Å². The molecule has 2 aromatic rings. The molecule has 0 aliphatic rings. The molecule has 2 aromatic heterocycles. The van der Waals surface area contributed by atoms with Crippen LogP contribution in [0.25, 0.3) is 11.5 Å². The molecule has 2 heterocycles.